The van der Waals surface area contributed by atoms with Crippen molar-refractivity contribution in [1.82, 2.24) is 0 Å². The molecular weight excluding hydrogens is 401 g/mol. The van der Waals surface area contributed by atoms with Crippen molar-refractivity contribution in [2.75, 3.05) is 0 Å². The molecule has 0 aliphatic carbocycles. The van der Waals surface area contributed by atoms with E-state index in [2.05, 4.69) is 67.9 Å². The molecule has 0 heterocycles. The first-order valence-electron chi connectivity index (χ1n) is 10.4. The SMILES string of the molecule is C=C[Si](C=C)(O[Si](CC)(CC)CC)O[Si](C=C)(C=C)O[Si](CC)(CC)CC. The second kappa shape index (κ2) is 11.6. The lowest BCUT2D eigenvalue weighted by Crippen LogP contribution is -2.60. The lowest BCUT2D eigenvalue weighted by Gasteiger charge is -2.44. The summed E-state index contributed by atoms with van der Waals surface area (Å²) in [6.45, 7) is 29.6. The molecule has 0 aromatic rings. The number of rotatable bonds is 16. The normalized spacial score (nSPS) is 13.3. The van der Waals surface area contributed by atoms with Gasteiger partial charge in [0, 0.05) is 0 Å². The van der Waals surface area contributed by atoms with Crippen LogP contribution in [0.5, 0.6) is 0 Å². The van der Waals surface area contributed by atoms with Crippen molar-refractivity contribution >= 4 is 33.8 Å². The second-order valence-corrected chi connectivity index (χ2v) is 23.0. The van der Waals surface area contributed by atoms with E-state index in [0.29, 0.717) is 0 Å². The first-order valence-corrected chi connectivity index (χ1v) is 19.4. The smallest absolute Gasteiger partial charge is 0.372 e. The van der Waals surface area contributed by atoms with Crippen LogP contribution in [0.1, 0.15) is 41.5 Å². The predicted octanol–water partition coefficient (Wildman–Crippen LogP) is 6.83. The van der Waals surface area contributed by atoms with E-state index in [1.54, 1.807) is 0 Å². The van der Waals surface area contributed by atoms with Crippen molar-refractivity contribution < 1.29 is 12.3 Å². The molecule has 0 saturated heterocycles. The average Bonchev–Trinajstić information content (AvgIpc) is 2.74. The molecule has 0 unspecified atom stereocenters. The van der Waals surface area contributed by atoms with Gasteiger partial charge in [-0.1, -0.05) is 41.5 Å². The van der Waals surface area contributed by atoms with Gasteiger partial charge in [-0.25, -0.2) is 0 Å². The van der Waals surface area contributed by atoms with Crippen molar-refractivity contribution in [3.63, 3.8) is 0 Å². The Morgan fingerprint density at radius 3 is 0.852 bits per heavy atom. The molecule has 27 heavy (non-hydrogen) atoms. The summed E-state index contributed by atoms with van der Waals surface area (Å²) in [4.78, 5) is 0. The molecule has 0 fully saturated rings. The largest absolute Gasteiger partial charge is 0.430 e. The molecule has 0 atom stereocenters. The highest BCUT2D eigenvalue weighted by Gasteiger charge is 2.50. The van der Waals surface area contributed by atoms with Crippen LogP contribution in [0, 0.1) is 0 Å². The van der Waals surface area contributed by atoms with Crippen LogP contribution in [0.15, 0.2) is 49.1 Å². The minimum atomic E-state index is -2.85. The molecule has 0 rings (SSSR count). The Hall–Kier alpha value is -0.292. The summed E-state index contributed by atoms with van der Waals surface area (Å²) in [5.41, 5.74) is 7.42. The quantitative estimate of drug-likeness (QED) is 0.245. The van der Waals surface area contributed by atoms with Crippen molar-refractivity contribution in [3.05, 3.63) is 49.1 Å². The molecule has 0 N–H and O–H groups in total. The molecule has 0 aliphatic rings. The molecule has 7 heteroatoms. The molecule has 0 spiro atoms. The zero-order valence-electron chi connectivity index (χ0n) is 18.6. The van der Waals surface area contributed by atoms with Crippen LogP contribution in [-0.2, 0) is 12.3 Å². The van der Waals surface area contributed by atoms with Gasteiger partial charge in [-0.05, 0) is 59.1 Å². The highest BCUT2D eigenvalue weighted by atomic mass is 28.5. The fourth-order valence-electron chi connectivity index (χ4n) is 3.40. The van der Waals surface area contributed by atoms with E-state index < -0.39 is 33.8 Å². The topological polar surface area (TPSA) is 27.7 Å². The van der Waals surface area contributed by atoms with Gasteiger partial charge in [0.05, 0.1) is 0 Å². The Kier molecular flexibility index (Phi) is 11.5. The summed E-state index contributed by atoms with van der Waals surface area (Å²) in [6.07, 6.45) is 0. The molecule has 0 amide bonds. The van der Waals surface area contributed by atoms with E-state index in [9.17, 15) is 0 Å². The van der Waals surface area contributed by atoms with E-state index >= 15 is 0 Å². The van der Waals surface area contributed by atoms with Crippen molar-refractivity contribution in [2.45, 2.75) is 77.8 Å². The lowest BCUT2D eigenvalue weighted by atomic mass is 10.9. The number of hydrogen-bond donors (Lipinski definition) is 0. The summed E-state index contributed by atoms with van der Waals surface area (Å²) in [5.74, 6) is 0. The van der Waals surface area contributed by atoms with E-state index in [1.807, 2.05) is 22.8 Å². The van der Waals surface area contributed by atoms with Crippen LogP contribution >= 0.6 is 0 Å². The van der Waals surface area contributed by atoms with Crippen LogP contribution in [0.25, 0.3) is 0 Å². The van der Waals surface area contributed by atoms with Gasteiger partial charge in [0.1, 0.15) is 0 Å². The molecule has 0 bridgehead atoms. The van der Waals surface area contributed by atoms with E-state index in [0.717, 1.165) is 36.3 Å². The van der Waals surface area contributed by atoms with Gasteiger partial charge in [0.2, 0.25) is 0 Å². The highest BCUT2D eigenvalue weighted by molar-refractivity contribution is 6.97. The molecular formula is C20H42O3Si4. The van der Waals surface area contributed by atoms with Gasteiger partial charge in [-0.3, -0.25) is 0 Å². The van der Waals surface area contributed by atoms with Crippen molar-refractivity contribution in [1.29, 1.82) is 0 Å². The van der Waals surface area contributed by atoms with Crippen molar-refractivity contribution in [3.8, 4) is 0 Å². The first kappa shape index (κ1) is 26.7. The lowest BCUT2D eigenvalue weighted by molar-refractivity contribution is 0.342. The third kappa shape index (κ3) is 6.35. The minimum absolute atomic E-state index is 1.05. The Labute approximate surface area is 173 Å². The maximum absolute atomic E-state index is 6.84. The Balaban J connectivity index is 6.08. The van der Waals surface area contributed by atoms with E-state index in [-0.39, 0.29) is 0 Å². The summed E-state index contributed by atoms with van der Waals surface area (Å²) in [7, 11) is -9.50. The molecule has 0 saturated carbocycles. The summed E-state index contributed by atoms with van der Waals surface area (Å²) < 4.78 is 20.5. The van der Waals surface area contributed by atoms with Crippen LogP contribution in [0.2, 0.25) is 36.3 Å². The van der Waals surface area contributed by atoms with Crippen LogP contribution in [0.3, 0.4) is 0 Å². The van der Waals surface area contributed by atoms with Crippen molar-refractivity contribution in [2.24, 2.45) is 0 Å². The minimum Gasteiger partial charge on any atom is -0.430 e. The predicted molar refractivity (Wildman–Crippen MR) is 130 cm³/mol. The molecule has 156 valence electrons. The third-order valence-corrected chi connectivity index (χ3v) is 24.7. The maximum atomic E-state index is 6.84. The van der Waals surface area contributed by atoms with Gasteiger partial charge in [0.25, 0.3) is 0 Å². The van der Waals surface area contributed by atoms with Crippen LogP contribution in [-0.4, -0.2) is 33.8 Å². The zero-order valence-corrected chi connectivity index (χ0v) is 22.6. The maximum Gasteiger partial charge on any atom is 0.372 e. The van der Waals surface area contributed by atoms with Gasteiger partial charge in [-0.2, -0.15) is 0 Å². The summed E-state index contributed by atoms with van der Waals surface area (Å²) in [6, 6.07) is 6.30. The summed E-state index contributed by atoms with van der Waals surface area (Å²) >= 11 is 0. The molecule has 0 radical (unpaired) electrons. The Morgan fingerprint density at radius 2 is 0.704 bits per heavy atom. The average molecular weight is 443 g/mol. The Morgan fingerprint density at radius 1 is 0.481 bits per heavy atom. The first-order chi connectivity index (χ1) is 12.7. The Bertz CT molecular complexity index is 423. The third-order valence-electron chi connectivity index (χ3n) is 6.08. The van der Waals surface area contributed by atoms with Gasteiger partial charge >= 0.3 is 17.1 Å². The van der Waals surface area contributed by atoms with Gasteiger partial charge < -0.3 is 12.3 Å². The molecule has 0 aromatic heterocycles. The fourth-order valence-corrected chi connectivity index (χ4v) is 21.4. The highest BCUT2D eigenvalue weighted by Crippen LogP contribution is 2.33. The molecule has 3 nitrogen and oxygen atoms in total. The van der Waals surface area contributed by atoms with E-state index in [1.165, 1.54) is 0 Å². The number of hydrogen-bond acceptors (Lipinski definition) is 3. The van der Waals surface area contributed by atoms with E-state index in [4.69, 9.17) is 12.3 Å². The molecule has 0 aliphatic heterocycles. The summed E-state index contributed by atoms with van der Waals surface area (Å²) in [5, 5.41) is 0. The molecule has 0 aromatic carbocycles. The van der Waals surface area contributed by atoms with Crippen LogP contribution < -0.4 is 0 Å². The van der Waals surface area contributed by atoms with Crippen LogP contribution in [0.4, 0.5) is 0 Å². The monoisotopic (exact) mass is 442 g/mol. The zero-order chi connectivity index (χ0) is 21.2. The van der Waals surface area contributed by atoms with Gasteiger partial charge in [-0.15, -0.1) is 26.3 Å². The second-order valence-electron chi connectivity index (χ2n) is 7.05. The van der Waals surface area contributed by atoms with Gasteiger partial charge in [0.15, 0.2) is 16.6 Å². The fraction of sp³-hybridized carbons (Fsp3) is 0.600. The standard InChI is InChI=1S/C20H42O3Si4/c1-11-24(12-2,13-3)21-26(17-7,18-8)23-27(19-9,20-10)22-25(14-4,15-5)16-6/h17-20H,7-16H2,1-6H3.